The zero-order chi connectivity index (χ0) is 16.0. The summed E-state index contributed by atoms with van der Waals surface area (Å²) >= 11 is 3.14. The molecule has 0 spiro atoms. The minimum absolute atomic E-state index is 0.0170. The van der Waals surface area contributed by atoms with Crippen molar-refractivity contribution in [3.8, 4) is 0 Å². The molecule has 0 bridgehead atoms. The number of carboxylic acids is 1. The van der Waals surface area contributed by atoms with Crippen LogP contribution in [-0.2, 0) is 4.79 Å². The van der Waals surface area contributed by atoms with Crippen LogP contribution in [0, 0.1) is 17.7 Å². The first-order chi connectivity index (χ1) is 9.81. The number of amides is 1. The lowest BCUT2D eigenvalue weighted by Crippen LogP contribution is -2.31. The number of hydrogen-bond acceptors (Lipinski definition) is 2. The van der Waals surface area contributed by atoms with E-state index in [1.165, 1.54) is 12.1 Å². The van der Waals surface area contributed by atoms with E-state index in [1.807, 2.05) is 13.8 Å². The van der Waals surface area contributed by atoms with Crippen molar-refractivity contribution in [3.63, 3.8) is 0 Å². The van der Waals surface area contributed by atoms with Crippen LogP contribution in [0.4, 0.5) is 4.39 Å². The minimum atomic E-state index is -0.901. The summed E-state index contributed by atoms with van der Waals surface area (Å²) in [5.74, 6) is -1.90. The van der Waals surface area contributed by atoms with Gasteiger partial charge in [-0.25, -0.2) is 4.39 Å². The molecule has 1 rings (SSSR count). The molecular weight excluding hydrogens is 341 g/mol. The van der Waals surface area contributed by atoms with E-state index in [0.717, 1.165) is 0 Å². The monoisotopic (exact) mass is 359 g/mol. The summed E-state index contributed by atoms with van der Waals surface area (Å²) in [6, 6.07) is 4.30. The summed E-state index contributed by atoms with van der Waals surface area (Å²) in [6.45, 7) is 4.19. The number of hydrogen-bond donors (Lipinski definition) is 2. The second-order valence-corrected chi connectivity index (χ2v) is 6.25. The third kappa shape index (κ3) is 5.83. The molecule has 4 nitrogen and oxygen atoms in total. The molecule has 0 saturated carbocycles. The lowest BCUT2D eigenvalue weighted by molar-refractivity contribution is -0.138. The molecule has 1 amide bonds. The maximum absolute atomic E-state index is 13.7. The van der Waals surface area contributed by atoms with Gasteiger partial charge < -0.3 is 10.4 Å². The normalized spacial score (nSPS) is 12.2. The highest BCUT2D eigenvalue weighted by molar-refractivity contribution is 9.10. The molecule has 1 aromatic carbocycles. The van der Waals surface area contributed by atoms with Crippen LogP contribution < -0.4 is 5.32 Å². The predicted octanol–water partition coefficient (Wildman–Crippen LogP) is 3.46. The van der Waals surface area contributed by atoms with Gasteiger partial charge in [0.05, 0.1) is 5.56 Å². The van der Waals surface area contributed by atoms with Gasteiger partial charge >= 0.3 is 5.97 Å². The lowest BCUT2D eigenvalue weighted by atomic mass is 9.94. The molecule has 0 aromatic heterocycles. The Balaban J connectivity index is 2.70. The molecule has 1 aromatic rings. The average molecular weight is 360 g/mol. The van der Waals surface area contributed by atoms with E-state index in [2.05, 4.69) is 21.2 Å². The van der Waals surface area contributed by atoms with Crippen LogP contribution in [0.15, 0.2) is 22.7 Å². The summed E-state index contributed by atoms with van der Waals surface area (Å²) in [4.78, 5) is 22.9. The molecule has 0 radical (unpaired) electrons. The van der Waals surface area contributed by atoms with Gasteiger partial charge in [-0.05, 0) is 46.3 Å². The molecule has 1 unspecified atom stereocenters. The fourth-order valence-electron chi connectivity index (χ4n) is 2.19. The van der Waals surface area contributed by atoms with E-state index in [9.17, 15) is 14.0 Å². The van der Waals surface area contributed by atoms with Gasteiger partial charge in [0.1, 0.15) is 5.82 Å². The summed E-state index contributed by atoms with van der Waals surface area (Å²) in [6.07, 6.45) is 0.669. The largest absolute Gasteiger partial charge is 0.481 e. The van der Waals surface area contributed by atoms with E-state index < -0.39 is 17.7 Å². The van der Waals surface area contributed by atoms with E-state index in [1.54, 1.807) is 6.07 Å². The molecule has 0 heterocycles. The predicted molar refractivity (Wildman–Crippen MR) is 81.6 cm³/mol. The van der Waals surface area contributed by atoms with Crippen molar-refractivity contribution in [2.75, 3.05) is 6.54 Å². The van der Waals surface area contributed by atoms with Gasteiger partial charge in [0.15, 0.2) is 0 Å². The highest BCUT2D eigenvalue weighted by Gasteiger charge is 2.19. The molecule has 1 atom stereocenters. The minimum Gasteiger partial charge on any atom is -0.481 e. The molecule has 0 fully saturated rings. The Kier molecular flexibility index (Phi) is 6.81. The van der Waals surface area contributed by atoms with Crippen LogP contribution in [0.1, 0.15) is 37.0 Å². The third-order valence-corrected chi connectivity index (χ3v) is 3.67. The molecule has 0 aliphatic rings. The first-order valence-electron chi connectivity index (χ1n) is 6.75. The first-order valence-corrected chi connectivity index (χ1v) is 7.54. The van der Waals surface area contributed by atoms with Gasteiger partial charge in [-0.2, -0.15) is 0 Å². The number of carbonyl (C=O) groups excluding carboxylic acids is 1. The Labute approximate surface area is 131 Å². The van der Waals surface area contributed by atoms with Crippen molar-refractivity contribution in [2.45, 2.75) is 26.7 Å². The highest BCUT2D eigenvalue weighted by atomic mass is 79.9. The number of aliphatic carboxylic acids is 1. The van der Waals surface area contributed by atoms with Crippen molar-refractivity contribution in [1.29, 1.82) is 0 Å². The van der Waals surface area contributed by atoms with Gasteiger partial charge in [0.2, 0.25) is 0 Å². The molecule has 0 aliphatic carbocycles. The van der Waals surface area contributed by atoms with Gasteiger partial charge in [-0.3, -0.25) is 9.59 Å². The maximum Gasteiger partial charge on any atom is 0.303 e. The number of carboxylic acid groups (broad SMARTS) is 1. The molecule has 21 heavy (non-hydrogen) atoms. The summed E-state index contributed by atoms with van der Waals surface area (Å²) in [5, 5.41) is 11.5. The maximum atomic E-state index is 13.7. The summed E-state index contributed by atoms with van der Waals surface area (Å²) in [7, 11) is 0. The van der Waals surface area contributed by atoms with E-state index in [-0.39, 0.29) is 24.4 Å². The number of carbonyl (C=O) groups is 2. The third-order valence-electron chi connectivity index (χ3n) is 3.01. The van der Waals surface area contributed by atoms with Crippen LogP contribution in [0.25, 0.3) is 0 Å². The molecule has 0 aliphatic heterocycles. The Morgan fingerprint density at radius 1 is 1.38 bits per heavy atom. The fraction of sp³-hybridized carbons (Fsp3) is 0.467. The smallest absolute Gasteiger partial charge is 0.303 e. The second kappa shape index (κ2) is 8.12. The zero-order valence-corrected chi connectivity index (χ0v) is 13.6. The van der Waals surface area contributed by atoms with Gasteiger partial charge in [0.25, 0.3) is 5.91 Å². The van der Waals surface area contributed by atoms with Crippen molar-refractivity contribution in [2.24, 2.45) is 11.8 Å². The Bertz CT molecular complexity index is 499. The topological polar surface area (TPSA) is 66.4 Å². The molecule has 116 valence electrons. The zero-order valence-electron chi connectivity index (χ0n) is 12.0. The molecule has 0 saturated heterocycles. The van der Waals surface area contributed by atoms with Crippen molar-refractivity contribution < 1.29 is 19.1 Å². The highest BCUT2D eigenvalue weighted by Crippen LogP contribution is 2.20. The van der Waals surface area contributed by atoms with Crippen LogP contribution in [0.2, 0.25) is 0 Å². The van der Waals surface area contributed by atoms with Crippen molar-refractivity contribution in [1.82, 2.24) is 5.32 Å². The standard InChI is InChI=1S/C15H19BrFNO3/c1-9(2)6-10(7-13(19)20)8-18-15(21)14-11(16)4-3-5-12(14)17/h3-5,9-10H,6-8H2,1-2H3,(H,18,21)(H,19,20). The summed E-state index contributed by atoms with van der Waals surface area (Å²) in [5.41, 5.74) is -0.0591. The lowest BCUT2D eigenvalue weighted by Gasteiger charge is -2.18. The summed E-state index contributed by atoms with van der Waals surface area (Å²) < 4.78 is 14.0. The van der Waals surface area contributed by atoms with Crippen molar-refractivity contribution in [3.05, 3.63) is 34.1 Å². The van der Waals surface area contributed by atoms with Gasteiger partial charge in [-0.15, -0.1) is 0 Å². The number of rotatable bonds is 7. The first kappa shape index (κ1) is 17.6. The number of halogens is 2. The Hall–Kier alpha value is -1.43. The SMILES string of the molecule is CC(C)CC(CNC(=O)c1c(F)cccc1Br)CC(=O)O. The van der Waals surface area contributed by atoms with E-state index in [0.29, 0.717) is 16.8 Å². The van der Waals surface area contributed by atoms with Gasteiger partial charge in [-0.1, -0.05) is 19.9 Å². The molecule has 6 heteroatoms. The number of nitrogens with one attached hydrogen (secondary N) is 1. The average Bonchev–Trinajstić information content (AvgIpc) is 2.34. The van der Waals surface area contributed by atoms with E-state index >= 15 is 0 Å². The second-order valence-electron chi connectivity index (χ2n) is 5.40. The van der Waals surface area contributed by atoms with Crippen molar-refractivity contribution >= 4 is 27.8 Å². The quantitative estimate of drug-likeness (QED) is 0.783. The van der Waals surface area contributed by atoms with Crippen LogP contribution in [-0.4, -0.2) is 23.5 Å². The van der Waals surface area contributed by atoms with Crippen LogP contribution in [0.5, 0.6) is 0 Å². The van der Waals surface area contributed by atoms with Crippen LogP contribution >= 0.6 is 15.9 Å². The Morgan fingerprint density at radius 2 is 2.05 bits per heavy atom. The fourth-order valence-corrected chi connectivity index (χ4v) is 2.71. The van der Waals surface area contributed by atoms with Crippen LogP contribution in [0.3, 0.4) is 0 Å². The van der Waals surface area contributed by atoms with E-state index in [4.69, 9.17) is 5.11 Å². The number of benzene rings is 1. The Morgan fingerprint density at radius 3 is 2.57 bits per heavy atom. The molecule has 2 N–H and O–H groups in total. The van der Waals surface area contributed by atoms with Gasteiger partial charge in [0, 0.05) is 17.4 Å². The molecular formula is C15H19BrFNO3.